The molecule has 0 aliphatic carbocycles. The van der Waals surface area contributed by atoms with E-state index >= 15 is 0 Å². The fourth-order valence-electron chi connectivity index (χ4n) is 2.54. The SMILES string of the molecule is CC(C)C1=[N+](C)CCCN1c1ccc(Cl)cc1.[I-]. The van der Waals surface area contributed by atoms with Gasteiger partial charge in [-0.2, -0.15) is 0 Å². The Morgan fingerprint density at radius 1 is 1.22 bits per heavy atom. The molecule has 0 N–H and O–H groups in total. The third kappa shape index (κ3) is 3.38. The Bertz CT molecular complexity index is 426. The zero-order valence-corrected chi connectivity index (χ0v) is 14.1. The van der Waals surface area contributed by atoms with Crippen molar-refractivity contribution in [3.8, 4) is 0 Å². The van der Waals surface area contributed by atoms with E-state index in [0.717, 1.165) is 18.1 Å². The fraction of sp³-hybridized carbons (Fsp3) is 0.500. The molecule has 0 saturated heterocycles. The second-order valence-corrected chi connectivity index (χ2v) is 5.35. The Morgan fingerprint density at radius 3 is 2.39 bits per heavy atom. The molecule has 1 aromatic carbocycles. The van der Waals surface area contributed by atoms with E-state index in [1.165, 1.54) is 17.9 Å². The zero-order valence-electron chi connectivity index (χ0n) is 11.2. The molecule has 4 heteroatoms. The second kappa shape index (κ2) is 6.75. The van der Waals surface area contributed by atoms with Gasteiger partial charge in [-0.25, -0.2) is 4.90 Å². The van der Waals surface area contributed by atoms with E-state index < -0.39 is 0 Å². The maximum atomic E-state index is 5.94. The number of amidine groups is 1. The molecule has 0 saturated carbocycles. The first kappa shape index (κ1) is 15.8. The van der Waals surface area contributed by atoms with E-state index in [1.54, 1.807) is 0 Å². The zero-order chi connectivity index (χ0) is 12.4. The molecule has 100 valence electrons. The summed E-state index contributed by atoms with van der Waals surface area (Å²) in [6.45, 7) is 6.75. The molecule has 2 nitrogen and oxygen atoms in total. The van der Waals surface area contributed by atoms with Crippen molar-refractivity contribution in [2.24, 2.45) is 5.92 Å². The summed E-state index contributed by atoms with van der Waals surface area (Å²) >= 11 is 5.94. The smallest absolute Gasteiger partial charge is 0.254 e. The average molecular weight is 379 g/mol. The highest BCUT2D eigenvalue weighted by Gasteiger charge is 2.29. The highest BCUT2D eigenvalue weighted by Crippen LogP contribution is 2.22. The van der Waals surface area contributed by atoms with Gasteiger partial charge in [0.05, 0.1) is 26.1 Å². The van der Waals surface area contributed by atoms with Crippen LogP contribution in [0.15, 0.2) is 24.3 Å². The predicted molar refractivity (Wildman–Crippen MR) is 74.3 cm³/mol. The van der Waals surface area contributed by atoms with Crippen molar-refractivity contribution in [3.05, 3.63) is 29.3 Å². The molecule has 0 bridgehead atoms. The van der Waals surface area contributed by atoms with Crippen molar-refractivity contribution in [3.63, 3.8) is 0 Å². The molecule has 1 aliphatic heterocycles. The normalized spacial score (nSPS) is 15.9. The Labute approximate surface area is 132 Å². The third-order valence-corrected chi connectivity index (χ3v) is 3.45. The summed E-state index contributed by atoms with van der Waals surface area (Å²) in [6, 6.07) is 8.13. The van der Waals surface area contributed by atoms with Gasteiger partial charge in [-0.3, -0.25) is 4.58 Å². The first-order valence-corrected chi connectivity index (χ1v) is 6.58. The van der Waals surface area contributed by atoms with Gasteiger partial charge >= 0.3 is 0 Å². The lowest BCUT2D eigenvalue weighted by Crippen LogP contribution is -3.00. The van der Waals surface area contributed by atoms with Crippen molar-refractivity contribution in [1.82, 2.24) is 0 Å². The number of nitrogens with zero attached hydrogens (tertiary/aromatic N) is 2. The summed E-state index contributed by atoms with van der Waals surface area (Å²) in [5.41, 5.74) is 1.24. The van der Waals surface area contributed by atoms with Crippen molar-refractivity contribution in [1.29, 1.82) is 0 Å². The minimum Gasteiger partial charge on any atom is -1.00 e. The monoisotopic (exact) mass is 378 g/mol. The van der Waals surface area contributed by atoms with E-state index in [4.69, 9.17) is 11.6 Å². The number of hydrogen-bond acceptors (Lipinski definition) is 1. The molecule has 2 rings (SSSR count). The molecule has 0 amide bonds. The topological polar surface area (TPSA) is 6.25 Å². The number of rotatable bonds is 2. The van der Waals surface area contributed by atoms with Crippen LogP contribution in [-0.4, -0.2) is 30.5 Å². The minimum atomic E-state index is 0. The molecule has 0 unspecified atom stereocenters. The van der Waals surface area contributed by atoms with Crippen LogP contribution in [0.4, 0.5) is 5.69 Å². The van der Waals surface area contributed by atoms with Gasteiger partial charge in [0.1, 0.15) is 5.69 Å². The van der Waals surface area contributed by atoms with Crippen molar-refractivity contribution in [2.45, 2.75) is 20.3 Å². The van der Waals surface area contributed by atoms with Crippen molar-refractivity contribution in [2.75, 3.05) is 25.0 Å². The lowest BCUT2D eigenvalue weighted by atomic mass is 10.1. The van der Waals surface area contributed by atoms with Gasteiger partial charge in [-0.15, -0.1) is 0 Å². The van der Waals surface area contributed by atoms with Crippen LogP contribution in [0, 0.1) is 5.92 Å². The van der Waals surface area contributed by atoms with E-state index in [-0.39, 0.29) is 24.0 Å². The number of hydrogen-bond donors (Lipinski definition) is 0. The minimum absolute atomic E-state index is 0. The van der Waals surface area contributed by atoms with Gasteiger partial charge in [0, 0.05) is 11.4 Å². The molecule has 0 spiro atoms. The standard InChI is InChI=1S/C14H20ClN2.HI/c1-11(2)14-16(3)9-4-10-17(14)13-7-5-12(15)6-8-13;/h5-8,11H,4,9-10H2,1-3H3;1H/q+1;/p-1. The van der Waals surface area contributed by atoms with E-state index in [2.05, 4.69) is 42.5 Å². The Morgan fingerprint density at radius 2 is 1.83 bits per heavy atom. The van der Waals surface area contributed by atoms with Crippen LogP contribution in [0.1, 0.15) is 20.3 Å². The molecular weight excluding hydrogens is 359 g/mol. The lowest BCUT2D eigenvalue weighted by molar-refractivity contribution is -0.504. The van der Waals surface area contributed by atoms with E-state index in [9.17, 15) is 0 Å². The Kier molecular flexibility index (Phi) is 5.92. The summed E-state index contributed by atoms with van der Waals surface area (Å²) in [7, 11) is 2.18. The molecule has 1 heterocycles. The second-order valence-electron chi connectivity index (χ2n) is 4.92. The van der Waals surface area contributed by atoms with Crippen LogP contribution >= 0.6 is 11.6 Å². The maximum Gasteiger partial charge on any atom is 0.254 e. The van der Waals surface area contributed by atoms with Crippen LogP contribution < -0.4 is 28.9 Å². The summed E-state index contributed by atoms with van der Waals surface area (Å²) in [5.74, 6) is 1.94. The fourth-order valence-corrected chi connectivity index (χ4v) is 2.66. The summed E-state index contributed by atoms with van der Waals surface area (Å²) in [6.07, 6.45) is 1.20. The van der Waals surface area contributed by atoms with Crippen LogP contribution in [0.5, 0.6) is 0 Å². The van der Waals surface area contributed by atoms with Crippen molar-refractivity contribution >= 4 is 23.1 Å². The van der Waals surface area contributed by atoms with Crippen LogP contribution in [0.3, 0.4) is 0 Å². The van der Waals surface area contributed by atoms with Gasteiger partial charge in [0.15, 0.2) is 0 Å². The molecule has 0 atom stereocenters. The maximum absolute atomic E-state index is 5.94. The average Bonchev–Trinajstić information content (AvgIpc) is 2.29. The highest BCUT2D eigenvalue weighted by molar-refractivity contribution is 6.30. The summed E-state index contributed by atoms with van der Waals surface area (Å²) in [5, 5.41) is 0.796. The first-order chi connectivity index (χ1) is 8.09. The number of halogens is 2. The molecule has 1 aromatic rings. The highest BCUT2D eigenvalue weighted by atomic mass is 127. The number of benzene rings is 1. The predicted octanol–water partition coefficient (Wildman–Crippen LogP) is 0.251. The molecule has 18 heavy (non-hydrogen) atoms. The molecule has 1 aliphatic rings. The van der Waals surface area contributed by atoms with Gasteiger partial charge < -0.3 is 24.0 Å². The third-order valence-electron chi connectivity index (χ3n) is 3.20. The van der Waals surface area contributed by atoms with Crippen molar-refractivity contribution < 1.29 is 28.6 Å². The van der Waals surface area contributed by atoms with Crippen LogP contribution in [0.25, 0.3) is 0 Å². The quantitative estimate of drug-likeness (QED) is 0.528. The molecule has 0 fully saturated rings. The Balaban J connectivity index is 0.00000162. The van der Waals surface area contributed by atoms with Gasteiger partial charge in [-0.05, 0) is 24.3 Å². The first-order valence-electron chi connectivity index (χ1n) is 6.20. The number of anilines is 1. The van der Waals surface area contributed by atoms with E-state index in [0.29, 0.717) is 5.92 Å². The van der Waals surface area contributed by atoms with Crippen LogP contribution in [0.2, 0.25) is 5.02 Å². The Hall–Kier alpha value is -0.290. The van der Waals surface area contributed by atoms with Gasteiger partial charge in [-0.1, -0.05) is 25.4 Å². The van der Waals surface area contributed by atoms with Crippen LogP contribution in [-0.2, 0) is 0 Å². The largest absolute Gasteiger partial charge is 1.00 e. The molecule has 0 radical (unpaired) electrons. The van der Waals surface area contributed by atoms with Gasteiger partial charge in [0.2, 0.25) is 0 Å². The lowest BCUT2D eigenvalue weighted by Gasteiger charge is -2.27. The van der Waals surface area contributed by atoms with E-state index in [1.807, 2.05) is 12.1 Å². The summed E-state index contributed by atoms with van der Waals surface area (Å²) < 4.78 is 2.36. The molecular formula is C14H20ClIN2. The molecule has 0 aromatic heterocycles. The van der Waals surface area contributed by atoms with Gasteiger partial charge in [0.25, 0.3) is 5.84 Å². The summed E-state index contributed by atoms with van der Waals surface area (Å²) in [4.78, 5) is 2.41.